The van der Waals surface area contributed by atoms with Gasteiger partial charge in [0.1, 0.15) is 11.9 Å². The number of nitrogens with zero attached hydrogens (tertiary/aromatic N) is 3. The van der Waals surface area contributed by atoms with Gasteiger partial charge in [-0.05, 0) is 41.5 Å². The second kappa shape index (κ2) is 13.0. The Morgan fingerprint density at radius 2 is 1.23 bits per heavy atom. The molecule has 7 heteroatoms. The van der Waals surface area contributed by atoms with Crippen molar-refractivity contribution in [3.63, 3.8) is 0 Å². The molecule has 182 valence electrons. The van der Waals surface area contributed by atoms with Crippen molar-refractivity contribution in [1.29, 1.82) is 0 Å². The first-order chi connectivity index (χ1) is 17.0. The largest absolute Gasteiger partial charge is 0.326 e. The number of benzene rings is 3. The van der Waals surface area contributed by atoms with Crippen molar-refractivity contribution >= 4 is 14.3 Å². The third-order valence-corrected chi connectivity index (χ3v) is 5.99. The molecule has 0 saturated carbocycles. The third-order valence-electron chi connectivity index (χ3n) is 5.99. The van der Waals surface area contributed by atoms with E-state index < -0.39 is 13.8 Å². The fourth-order valence-corrected chi connectivity index (χ4v) is 4.23. The van der Waals surface area contributed by atoms with Crippen molar-refractivity contribution in [1.82, 2.24) is 14.8 Å². The van der Waals surface area contributed by atoms with E-state index in [0.29, 0.717) is 5.92 Å². The van der Waals surface area contributed by atoms with Crippen molar-refractivity contribution in [2.24, 2.45) is 5.92 Å². The van der Waals surface area contributed by atoms with Crippen molar-refractivity contribution in [3.05, 3.63) is 126 Å². The van der Waals surface area contributed by atoms with Gasteiger partial charge >= 0.3 is 8.25 Å². The first-order valence-electron chi connectivity index (χ1n) is 11.7. The molecule has 0 unspecified atom stereocenters. The zero-order valence-corrected chi connectivity index (χ0v) is 21.0. The molecule has 3 aromatic carbocycles. The summed E-state index contributed by atoms with van der Waals surface area (Å²) in [6, 6.07) is 31.7. The third kappa shape index (κ3) is 6.43. The van der Waals surface area contributed by atoms with Crippen LogP contribution in [-0.2, 0) is 10.1 Å². The lowest BCUT2D eigenvalue weighted by Crippen LogP contribution is -2.38. The normalized spacial score (nSPS) is 11.6. The van der Waals surface area contributed by atoms with Crippen LogP contribution in [0.25, 0.3) is 6.08 Å². The van der Waals surface area contributed by atoms with E-state index in [1.807, 2.05) is 11.0 Å². The molecule has 35 heavy (non-hydrogen) atoms. The maximum absolute atomic E-state index is 8.74. The molecular weight excluding hydrogens is 457 g/mol. The van der Waals surface area contributed by atoms with Crippen molar-refractivity contribution in [2.75, 3.05) is 0 Å². The summed E-state index contributed by atoms with van der Waals surface area (Å²) in [6.45, 7) is 4.44. The molecule has 0 bridgehead atoms. The Bertz CT molecular complexity index is 1110. The van der Waals surface area contributed by atoms with E-state index >= 15 is 0 Å². The molecule has 6 nitrogen and oxygen atoms in total. The van der Waals surface area contributed by atoms with Gasteiger partial charge in [-0.1, -0.05) is 111 Å². The first-order valence-corrected chi connectivity index (χ1v) is 13.0. The van der Waals surface area contributed by atoms with Crippen molar-refractivity contribution < 1.29 is 14.4 Å². The summed E-state index contributed by atoms with van der Waals surface area (Å²) in [6.07, 6.45) is 8.39. The number of rotatable bonds is 8. The summed E-state index contributed by atoms with van der Waals surface area (Å²) in [5, 5.41) is 4.97. The van der Waals surface area contributed by atoms with Crippen LogP contribution in [0.3, 0.4) is 0 Å². The van der Waals surface area contributed by atoms with Crippen LogP contribution >= 0.6 is 8.25 Å². The van der Waals surface area contributed by atoms with E-state index in [2.05, 4.69) is 122 Å². The van der Waals surface area contributed by atoms with Gasteiger partial charge in [0, 0.05) is 0 Å². The predicted octanol–water partition coefficient (Wildman–Crippen LogP) is 5.93. The van der Waals surface area contributed by atoms with Gasteiger partial charge in [-0.15, -0.1) is 0 Å². The highest BCUT2D eigenvalue weighted by molar-refractivity contribution is 7.30. The lowest BCUT2D eigenvalue weighted by molar-refractivity contribution is 0.405. The van der Waals surface area contributed by atoms with E-state index in [0.717, 1.165) is 35.4 Å². The van der Waals surface area contributed by atoms with E-state index in [-0.39, 0.29) is 0 Å². The smallest absolute Gasteiger partial charge is 0.314 e. The van der Waals surface area contributed by atoms with Crippen LogP contribution < -0.4 is 0 Å². The quantitative estimate of drug-likeness (QED) is 0.237. The summed E-state index contributed by atoms with van der Waals surface area (Å²) < 4.78 is 10.8. The van der Waals surface area contributed by atoms with E-state index in [4.69, 9.17) is 19.5 Å². The minimum absolute atomic E-state index is 0.550. The second-order valence-electron chi connectivity index (χ2n) is 8.07. The molecule has 0 amide bonds. The van der Waals surface area contributed by atoms with Crippen molar-refractivity contribution in [3.8, 4) is 0 Å². The average Bonchev–Trinajstić information content (AvgIpc) is 3.36. The fourth-order valence-electron chi connectivity index (χ4n) is 4.23. The van der Waals surface area contributed by atoms with Gasteiger partial charge in [-0.2, -0.15) is 5.10 Å². The van der Waals surface area contributed by atoms with Crippen LogP contribution in [-0.4, -0.2) is 24.6 Å². The summed E-state index contributed by atoms with van der Waals surface area (Å²) in [7, 11) is -3.13. The highest BCUT2D eigenvalue weighted by Crippen LogP contribution is 2.40. The Morgan fingerprint density at radius 1 is 0.829 bits per heavy atom. The number of hydrogen-bond donors (Lipinski definition) is 2. The number of allylic oxidation sites excluding steroid dienone is 1. The Labute approximate surface area is 207 Å². The Kier molecular flexibility index (Phi) is 9.74. The molecule has 4 aromatic rings. The summed E-state index contributed by atoms with van der Waals surface area (Å²) in [4.78, 5) is 19.0. The zero-order valence-electron chi connectivity index (χ0n) is 20.0. The van der Waals surface area contributed by atoms with E-state index in [9.17, 15) is 0 Å². The number of hydrogen-bond acceptors (Lipinski definition) is 3. The molecule has 4 rings (SSSR count). The molecular formula is C28H32N3O3P. The van der Waals surface area contributed by atoms with E-state index in [1.54, 1.807) is 0 Å². The first kappa shape index (κ1) is 26.3. The van der Waals surface area contributed by atoms with Gasteiger partial charge < -0.3 is 9.79 Å². The SMILES string of the molecule is CCC(C=Cc1ncn(C(c2ccccc2)(c2ccccc2)c2ccccc2)n1)CC.O=[PH](O)O. The Morgan fingerprint density at radius 3 is 1.60 bits per heavy atom. The highest BCUT2D eigenvalue weighted by Gasteiger charge is 2.39. The molecule has 1 aromatic heterocycles. The molecule has 0 spiro atoms. The fraction of sp³-hybridized carbons (Fsp3) is 0.214. The maximum atomic E-state index is 8.74. The lowest BCUT2D eigenvalue weighted by atomic mass is 9.77. The number of aromatic nitrogens is 3. The standard InChI is InChI=1S/C28H29N3.H3O3P/c1-3-23(4-2)20-21-27-29-22-31(30-27)28(24-14-8-5-9-15-24,25-16-10-6-11-17-25)26-18-12-7-13-19-26;1-4(2)3/h5-23H,3-4H2,1-2H3;4H,(H2,1,2,3). The lowest BCUT2D eigenvalue weighted by Gasteiger charge is -2.35. The van der Waals surface area contributed by atoms with Gasteiger partial charge in [0.25, 0.3) is 0 Å². The summed E-state index contributed by atoms with van der Waals surface area (Å²) in [5.41, 5.74) is 2.83. The molecule has 0 aliphatic carbocycles. The molecule has 0 saturated heterocycles. The summed E-state index contributed by atoms with van der Waals surface area (Å²) >= 11 is 0. The van der Waals surface area contributed by atoms with Crippen LogP contribution in [0, 0.1) is 5.92 Å². The molecule has 0 atom stereocenters. The van der Waals surface area contributed by atoms with Gasteiger partial charge in [-0.3, -0.25) is 4.57 Å². The topological polar surface area (TPSA) is 88.2 Å². The summed E-state index contributed by atoms with van der Waals surface area (Å²) in [5.74, 6) is 1.29. The molecule has 0 aliphatic heterocycles. The molecule has 0 fully saturated rings. The second-order valence-corrected chi connectivity index (χ2v) is 8.64. The van der Waals surface area contributed by atoms with Gasteiger partial charge in [0.05, 0.1) is 0 Å². The monoisotopic (exact) mass is 489 g/mol. The van der Waals surface area contributed by atoms with Crippen LogP contribution in [0.1, 0.15) is 49.2 Å². The highest BCUT2D eigenvalue weighted by atomic mass is 31.1. The van der Waals surface area contributed by atoms with Gasteiger partial charge in [0.15, 0.2) is 5.82 Å². The predicted molar refractivity (Wildman–Crippen MR) is 141 cm³/mol. The minimum atomic E-state index is -3.13. The Balaban J connectivity index is 0.000000795. The molecule has 0 aliphatic rings. The zero-order chi connectivity index (χ0) is 25.1. The molecule has 1 heterocycles. The minimum Gasteiger partial charge on any atom is -0.326 e. The van der Waals surface area contributed by atoms with Gasteiger partial charge in [-0.25, -0.2) is 9.67 Å². The van der Waals surface area contributed by atoms with Crippen LogP contribution in [0.15, 0.2) is 103 Å². The van der Waals surface area contributed by atoms with Gasteiger partial charge in [0.2, 0.25) is 0 Å². The van der Waals surface area contributed by atoms with Crippen molar-refractivity contribution in [2.45, 2.75) is 32.2 Å². The van der Waals surface area contributed by atoms with Crippen LogP contribution in [0.5, 0.6) is 0 Å². The Hall–Kier alpha value is -3.31. The van der Waals surface area contributed by atoms with Crippen LogP contribution in [0.4, 0.5) is 0 Å². The van der Waals surface area contributed by atoms with E-state index in [1.165, 1.54) is 0 Å². The molecule has 0 radical (unpaired) electrons. The van der Waals surface area contributed by atoms with Crippen LogP contribution in [0.2, 0.25) is 0 Å². The maximum Gasteiger partial charge on any atom is 0.314 e. The average molecular weight is 490 g/mol. The molecule has 2 N–H and O–H groups in total.